The van der Waals surface area contributed by atoms with Crippen LogP contribution < -0.4 is 0 Å². The highest BCUT2D eigenvalue weighted by Gasteiger charge is 2.44. The first-order chi connectivity index (χ1) is 11.6. The third-order valence-corrected chi connectivity index (χ3v) is 4.98. The molecule has 1 unspecified atom stereocenters. The summed E-state index contributed by atoms with van der Waals surface area (Å²) in [6.45, 7) is 2.56. The summed E-state index contributed by atoms with van der Waals surface area (Å²) in [5.74, 6) is -0.808. The maximum absolute atomic E-state index is 12.8. The van der Waals surface area contributed by atoms with Crippen LogP contribution in [0.4, 0.5) is 0 Å². The number of furan rings is 1. The third-order valence-electron chi connectivity index (χ3n) is 4.11. The van der Waals surface area contributed by atoms with Crippen molar-refractivity contribution < 1.29 is 19.1 Å². The zero-order chi connectivity index (χ0) is 17.1. The summed E-state index contributed by atoms with van der Waals surface area (Å²) in [7, 11) is 0. The van der Waals surface area contributed by atoms with Gasteiger partial charge in [-0.2, -0.15) is 0 Å². The molecule has 5 nitrogen and oxygen atoms in total. The van der Waals surface area contributed by atoms with Gasteiger partial charge in [-0.05, 0) is 30.0 Å². The number of rotatable bonds is 7. The number of carbonyl (C=O) groups excluding carboxylic acids is 2. The first kappa shape index (κ1) is 16.5. The molecule has 3 rings (SSSR count). The lowest BCUT2D eigenvalue weighted by Crippen LogP contribution is -2.31. The molecule has 1 amide bonds. The van der Waals surface area contributed by atoms with Crippen molar-refractivity contribution in [2.75, 3.05) is 6.54 Å². The topological polar surface area (TPSA) is 70.8 Å². The van der Waals surface area contributed by atoms with E-state index in [0.29, 0.717) is 17.2 Å². The van der Waals surface area contributed by atoms with Crippen LogP contribution in [-0.4, -0.2) is 28.2 Å². The Bertz CT molecular complexity index is 746. The van der Waals surface area contributed by atoms with E-state index in [1.807, 2.05) is 0 Å². The Morgan fingerprint density at radius 3 is 2.79 bits per heavy atom. The monoisotopic (exact) mass is 345 g/mol. The van der Waals surface area contributed by atoms with Gasteiger partial charge in [0, 0.05) is 6.54 Å². The molecule has 2 aromatic heterocycles. The summed E-state index contributed by atoms with van der Waals surface area (Å²) >= 11 is 1.29. The largest absolute Gasteiger partial charge is 0.503 e. The number of carbonyl (C=O) groups is 2. The second kappa shape index (κ2) is 7.05. The Morgan fingerprint density at radius 2 is 2.17 bits per heavy atom. The van der Waals surface area contributed by atoms with E-state index in [2.05, 4.69) is 6.92 Å². The van der Waals surface area contributed by atoms with E-state index in [9.17, 15) is 14.7 Å². The fourth-order valence-corrected chi connectivity index (χ4v) is 3.61. The van der Waals surface area contributed by atoms with Gasteiger partial charge in [-0.1, -0.05) is 25.8 Å². The number of unbranched alkanes of at least 4 members (excludes halogenated alkanes) is 2. The van der Waals surface area contributed by atoms with Crippen LogP contribution >= 0.6 is 11.3 Å². The van der Waals surface area contributed by atoms with Crippen molar-refractivity contribution in [1.82, 2.24) is 4.90 Å². The number of hydrogen-bond acceptors (Lipinski definition) is 5. The summed E-state index contributed by atoms with van der Waals surface area (Å²) in [6.07, 6.45) is 4.32. The quantitative estimate of drug-likeness (QED) is 0.605. The SMILES string of the molecule is CCCCCN1C(=O)C(O)=C(C(=O)c2cccs2)C1c1ccco1. The molecule has 1 aliphatic heterocycles. The molecule has 0 radical (unpaired) electrons. The molecule has 0 saturated heterocycles. The van der Waals surface area contributed by atoms with Crippen LogP contribution in [0.1, 0.15) is 47.7 Å². The third kappa shape index (κ3) is 2.89. The van der Waals surface area contributed by atoms with Crippen molar-refractivity contribution in [2.45, 2.75) is 32.2 Å². The molecule has 0 saturated carbocycles. The summed E-state index contributed by atoms with van der Waals surface area (Å²) in [5.41, 5.74) is 0.105. The summed E-state index contributed by atoms with van der Waals surface area (Å²) < 4.78 is 5.46. The number of amides is 1. The zero-order valence-corrected chi connectivity index (χ0v) is 14.2. The first-order valence-electron chi connectivity index (χ1n) is 8.00. The molecular weight excluding hydrogens is 326 g/mol. The molecule has 1 atom stereocenters. The molecule has 1 N–H and O–H groups in total. The van der Waals surface area contributed by atoms with Gasteiger partial charge in [-0.25, -0.2) is 0 Å². The fourth-order valence-electron chi connectivity index (χ4n) is 2.93. The van der Waals surface area contributed by atoms with E-state index in [-0.39, 0.29) is 11.4 Å². The van der Waals surface area contributed by atoms with Crippen LogP contribution in [0.15, 0.2) is 51.7 Å². The normalized spacial score (nSPS) is 17.8. The second-order valence-corrected chi connectivity index (χ2v) is 6.64. The Labute approximate surface area is 144 Å². The van der Waals surface area contributed by atoms with Gasteiger partial charge in [0.2, 0.25) is 5.78 Å². The van der Waals surface area contributed by atoms with E-state index >= 15 is 0 Å². The minimum Gasteiger partial charge on any atom is -0.503 e. The Morgan fingerprint density at radius 1 is 1.33 bits per heavy atom. The van der Waals surface area contributed by atoms with E-state index in [1.54, 1.807) is 29.6 Å². The number of nitrogens with zero attached hydrogens (tertiary/aromatic N) is 1. The zero-order valence-electron chi connectivity index (χ0n) is 13.4. The van der Waals surface area contributed by atoms with E-state index in [0.717, 1.165) is 19.3 Å². The molecule has 0 aromatic carbocycles. The lowest BCUT2D eigenvalue weighted by molar-refractivity contribution is -0.129. The minimum absolute atomic E-state index is 0.105. The van der Waals surface area contributed by atoms with Crippen molar-refractivity contribution in [3.63, 3.8) is 0 Å². The lowest BCUT2D eigenvalue weighted by Gasteiger charge is -2.24. The highest BCUT2D eigenvalue weighted by molar-refractivity contribution is 7.12. The molecule has 6 heteroatoms. The Kier molecular flexibility index (Phi) is 4.85. The van der Waals surface area contributed by atoms with E-state index in [1.165, 1.54) is 22.5 Å². The molecule has 0 fully saturated rings. The average Bonchev–Trinajstić information content (AvgIpc) is 3.31. The molecular formula is C18H19NO4S. The molecule has 1 aliphatic rings. The van der Waals surface area contributed by atoms with Crippen molar-refractivity contribution in [3.05, 3.63) is 57.9 Å². The first-order valence-corrected chi connectivity index (χ1v) is 8.88. The van der Waals surface area contributed by atoms with Crippen LogP contribution in [0.5, 0.6) is 0 Å². The van der Waals surface area contributed by atoms with Gasteiger partial charge in [-0.15, -0.1) is 11.3 Å². The van der Waals surface area contributed by atoms with Crippen molar-refractivity contribution in [2.24, 2.45) is 0 Å². The van der Waals surface area contributed by atoms with Crippen LogP contribution in [-0.2, 0) is 4.79 Å². The summed E-state index contributed by atoms with van der Waals surface area (Å²) in [6, 6.07) is 6.24. The van der Waals surface area contributed by atoms with Gasteiger partial charge in [0.25, 0.3) is 5.91 Å². The maximum Gasteiger partial charge on any atom is 0.290 e. The van der Waals surface area contributed by atoms with Gasteiger partial charge in [0.05, 0.1) is 16.7 Å². The number of thiophene rings is 1. The van der Waals surface area contributed by atoms with Gasteiger partial charge < -0.3 is 14.4 Å². The van der Waals surface area contributed by atoms with Gasteiger partial charge in [0.1, 0.15) is 11.8 Å². The van der Waals surface area contributed by atoms with Crippen molar-refractivity contribution in [3.8, 4) is 0 Å². The Balaban J connectivity index is 1.98. The molecule has 126 valence electrons. The van der Waals surface area contributed by atoms with Crippen LogP contribution in [0, 0.1) is 0 Å². The van der Waals surface area contributed by atoms with Crippen molar-refractivity contribution in [1.29, 1.82) is 0 Å². The summed E-state index contributed by atoms with van der Waals surface area (Å²) in [4.78, 5) is 27.4. The lowest BCUT2D eigenvalue weighted by atomic mass is 10.00. The van der Waals surface area contributed by atoms with Gasteiger partial charge >= 0.3 is 0 Å². The number of aliphatic hydroxyl groups is 1. The predicted molar refractivity (Wildman–Crippen MR) is 91.0 cm³/mol. The maximum atomic E-state index is 12.8. The number of Topliss-reactive ketones (excluding diaryl/α,β-unsaturated/α-hetero) is 1. The molecule has 24 heavy (non-hydrogen) atoms. The highest BCUT2D eigenvalue weighted by atomic mass is 32.1. The minimum atomic E-state index is -0.668. The smallest absolute Gasteiger partial charge is 0.290 e. The Hall–Kier alpha value is -2.34. The highest BCUT2D eigenvalue weighted by Crippen LogP contribution is 2.39. The number of ketones is 1. The fraction of sp³-hybridized carbons (Fsp3) is 0.333. The molecule has 0 bridgehead atoms. The van der Waals surface area contributed by atoms with E-state index in [4.69, 9.17) is 4.42 Å². The molecule has 0 spiro atoms. The number of aliphatic hydroxyl groups excluding tert-OH is 1. The van der Waals surface area contributed by atoms with Crippen molar-refractivity contribution >= 4 is 23.0 Å². The second-order valence-electron chi connectivity index (χ2n) is 5.69. The van der Waals surface area contributed by atoms with Crippen LogP contribution in [0.25, 0.3) is 0 Å². The van der Waals surface area contributed by atoms with Gasteiger partial charge in [-0.3, -0.25) is 9.59 Å². The average molecular weight is 345 g/mol. The van der Waals surface area contributed by atoms with Crippen LogP contribution in [0.2, 0.25) is 0 Å². The molecule has 2 aromatic rings. The van der Waals surface area contributed by atoms with Gasteiger partial charge in [0.15, 0.2) is 5.76 Å². The molecule has 0 aliphatic carbocycles. The molecule has 3 heterocycles. The predicted octanol–water partition coefficient (Wildman–Crippen LogP) is 4.11. The number of hydrogen-bond donors (Lipinski definition) is 1. The standard InChI is InChI=1S/C18H19NO4S/c1-2-3-4-9-19-15(12-7-5-10-23-12)14(17(21)18(19)22)16(20)13-8-6-11-24-13/h5-8,10-11,15,21H,2-4,9H2,1H3. The van der Waals surface area contributed by atoms with E-state index < -0.39 is 17.7 Å². The van der Waals surface area contributed by atoms with Crippen LogP contribution in [0.3, 0.4) is 0 Å². The summed E-state index contributed by atoms with van der Waals surface area (Å²) in [5, 5.41) is 12.1.